The molecule has 0 atom stereocenters. The van der Waals surface area contributed by atoms with Crippen LogP contribution < -0.4 is 4.90 Å². The molecule has 0 fully saturated rings. The average Bonchev–Trinajstić information content (AvgIpc) is 3.43. The van der Waals surface area contributed by atoms with Gasteiger partial charge in [0.15, 0.2) is 0 Å². The van der Waals surface area contributed by atoms with Gasteiger partial charge < -0.3 is 9.47 Å². The van der Waals surface area contributed by atoms with Gasteiger partial charge in [-0.2, -0.15) is 0 Å². The Balaban J connectivity index is 1.26. The largest absolute Gasteiger partial charge is 0.351 e. The number of aromatic nitrogens is 1. The smallest absolute Gasteiger partial charge is 0.0478 e. The lowest BCUT2D eigenvalue weighted by atomic mass is 10.0. The first-order chi connectivity index (χ1) is 20.2. The summed E-state index contributed by atoms with van der Waals surface area (Å²) in [5.41, 5.74) is 11.9. The summed E-state index contributed by atoms with van der Waals surface area (Å²) >= 11 is 0. The zero-order chi connectivity index (χ0) is 27.6. The molecule has 1 heterocycles. The van der Waals surface area contributed by atoms with Gasteiger partial charge >= 0.3 is 0 Å². The van der Waals surface area contributed by atoms with E-state index < -0.39 is 0 Å². The SMILES string of the molecule is Cn1ccc2cc(-c3ccc(N(c4ccc(-c5ccccc5)cc4)c4ccc(-c5ccccc5)cc4)cc3)ccc21. The molecule has 0 aliphatic rings. The van der Waals surface area contributed by atoms with Gasteiger partial charge in [-0.1, -0.05) is 103 Å². The Bertz CT molecular complexity index is 1820. The first kappa shape index (κ1) is 24.7. The summed E-state index contributed by atoms with van der Waals surface area (Å²) in [7, 11) is 2.09. The van der Waals surface area contributed by atoms with Crippen molar-refractivity contribution in [3.63, 3.8) is 0 Å². The number of hydrogen-bond donors (Lipinski definition) is 0. The Hall–Kier alpha value is -5.34. The molecule has 7 rings (SSSR count). The molecule has 0 radical (unpaired) electrons. The average molecular weight is 527 g/mol. The number of aryl methyl sites for hydroxylation is 1. The van der Waals surface area contributed by atoms with Gasteiger partial charge in [0.2, 0.25) is 0 Å². The van der Waals surface area contributed by atoms with E-state index in [4.69, 9.17) is 0 Å². The predicted octanol–water partition coefficient (Wildman–Crippen LogP) is 10.6. The number of fused-ring (bicyclic) bond motifs is 1. The van der Waals surface area contributed by atoms with Crippen molar-refractivity contribution in [2.75, 3.05) is 4.90 Å². The van der Waals surface area contributed by atoms with Crippen LogP contribution >= 0.6 is 0 Å². The summed E-state index contributed by atoms with van der Waals surface area (Å²) in [6.45, 7) is 0. The first-order valence-electron chi connectivity index (χ1n) is 14.0. The lowest BCUT2D eigenvalue weighted by Gasteiger charge is -2.26. The molecule has 0 aliphatic carbocycles. The number of rotatable bonds is 6. The third-order valence-corrected chi connectivity index (χ3v) is 7.81. The molecular weight excluding hydrogens is 496 g/mol. The second-order valence-electron chi connectivity index (χ2n) is 10.4. The Morgan fingerprint density at radius 1 is 0.390 bits per heavy atom. The van der Waals surface area contributed by atoms with Crippen molar-refractivity contribution in [3.8, 4) is 33.4 Å². The number of benzene rings is 6. The van der Waals surface area contributed by atoms with Gasteiger partial charge in [0.1, 0.15) is 0 Å². The lowest BCUT2D eigenvalue weighted by molar-refractivity contribution is 0.969. The molecular formula is C39H30N2. The Morgan fingerprint density at radius 3 is 1.24 bits per heavy atom. The third kappa shape index (κ3) is 4.92. The van der Waals surface area contributed by atoms with Crippen molar-refractivity contribution in [1.29, 1.82) is 0 Å². The van der Waals surface area contributed by atoms with Gasteiger partial charge in [0.05, 0.1) is 0 Å². The fourth-order valence-corrected chi connectivity index (χ4v) is 5.58. The zero-order valence-electron chi connectivity index (χ0n) is 23.0. The minimum absolute atomic E-state index is 1.12. The second kappa shape index (κ2) is 10.7. The minimum atomic E-state index is 1.12. The van der Waals surface area contributed by atoms with E-state index in [0.29, 0.717) is 0 Å². The van der Waals surface area contributed by atoms with Crippen molar-refractivity contribution in [2.45, 2.75) is 0 Å². The van der Waals surface area contributed by atoms with Crippen LogP contribution in [0.15, 0.2) is 164 Å². The summed E-state index contributed by atoms with van der Waals surface area (Å²) in [5.74, 6) is 0. The summed E-state index contributed by atoms with van der Waals surface area (Å²) in [6.07, 6.45) is 2.11. The van der Waals surface area contributed by atoms with Crippen molar-refractivity contribution >= 4 is 28.0 Å². The van der Waals surface area contributed by atoms with Crippen LogP contribution in [0, 0.1) is 0 Å². The van der Waals surface area contributed by atoms with Gasteiger partial charge in [-0.25, -0.2) is 0 Å². The lowest BCUT2D eigenvalue weighted by Crippen LogP contribution is -2.09. The second-order valence-corrected chi connectivity index (χ2v) is 10.4. The molecule has 0 bridgehead atoms. The maximum absolute atomic E-state index is 2.33. The van der Waals surface area contributed by atoms with E-state index in [9.17, 15) is 0 Å². The molecule has 0 unspecified atom stereocenters. The minimum Gasteiger partial charge on any atom is -0.351 e. The number of anilines is 3. The van der Waals surface area contributed by atoms with Crippen molar-refractivity contribution in [3.05, 3.63) is 164 Å². The monoisotopic (exact) mass is 526 g/mol. The molecule has 7 aromatic rings. The summed E-state index contributed by atoms with van der Waals surface area (Å²) in [6, 6.07) is 56.5. The van der Waals surface area contributed by atoms with Crippen LogP contribution in [0.4, 0.5) is 17.1 Å². The Morgan fingerprint density at radius 2 is 0.780 bits per heavy atom. The molecule has 0 spiro atoms. The molecule has 2 heteroatoms. The van der Waals surface area contributed by atoms with E-state index in [1.807, 2.05) is 0 Å². The highest BCUT2D eigenvalue weighted by Gasteiger charge is 2.14. The predicted molar refractivity (Wildman–Crippen MR) is 174 cm³/mol. The van der Waals surface area contributed by atoms with Gasteiger partial charge in [-0.3, -0.25) is 0 Å². The molecule has 196 valence electrons. The van der Waals surface area contributed by atoms with Gasteiger partial charge in [0.25, 0.3) is 0 Å². The molecule has 6 aromatic carbocycles. The Labute approximate surface area is 241 Å². The quantitative estimate of drug-likeness (QED) is 0.209. The van der Waals surface area contributed by atoms with Crippen LogP contribution in [-0.4, -0.2) is 4.57 Å². The molecule has 0 amide bonds. The van der Waals surface area contributed by atoms with E-state index in [1.54, 1.807) is 0 Å². The first-order valence-corrected chi connectivity index (χ1v) is 14.0. The van der Waals surface area contributed by atoms with Crippen molar-refractivity contribution < 1.29 is 0 Å². The Kier molecular flexibility index (Phi) is 6.42. The van der Waals surface area contributed by atoms with Crippen LogP contribution in [0.2, 0.25) is 0 Å². The number of nitrogens with zero attached hydrogens (tertiary/aromatic N) is 2. The van der Waals surface area contributed by atoms with E-state index in [0.717, 1.165) is 17.1 Å². The van der Waals surface area contributed by atoms with Crippen LogP contribution in [0.1, 0.15) is 0 Å². The van der Waals surface area contributed by atoms with Crippen LogP contribution in [0.5, 0.6) is 0 Å². The van der Waals surface area contributed by atoms with E-state index in [-0.39, 0.29) is 0 Å². The molecule has 0 aliphatic heterocycles. The van der Waals surface area contributed by atoms with E-state index >= 15 is 0 Å². The maximum Gasteiger partial charge on any atom is 0.0478 e. The topological polar surface area (TPSA) is 8.17 Å². The maximum atomic E-state index is 2.33. The number of hydrogen-bond acceptors (Lipinski definition) is 1. The summed E-state index contributed by atoms with van der Waals surface area (Å²) < 4.78 is 2.16. The fraction of sp³-hybridized carbons (Fsp3) is 0.0256. The summed E-state index contributed by atoms with van der Waals surface area (Å²) in [5, 5.41) is 1.26. The van der Waals surface area contributed by atoms with E-state index in [1.165, 1.54) is 44.3 Å². The summed E-state index contributed by atoms with van der Waals surface area (Å²) in [4.78, 5) is 2.33. The highest BCUT2D eigenvalue weighted by atomic mass is 15.1. The van der Waals surface area contributed by atoms with Gasteiger partial charge in [-0.05, 0) is 88.0 Å². The molecule has 0 N–H and O–H groups in total. The normalized spacial score (nSPS) is 11.0. The van der Waals surface area contributed by atoms with Gasteiger partial charge in [-0.15, -0.1) is 0 Å². The highest BCUT2D eigenvalue weighted by molar-refractivity contribution is 5.86. The van der Waals surface area contributed by atoms with Crippen LogP contribution in [0.25, 0.3) is 44.3 Å². The highest BCUT2D eigenvalue weighted by Crippen LogP contribution is 2.38. The van der Waals surface area contributed by atoms with E-state index in [2.05, 4.69) is 180 Å². The standard InChI is InChI=1S/C39H30N2/c1-40-27-26-35-28-34(18-25-39(35)40)33-16-23-38(24-17-33)41(36-19-12-31(13-20-36)29-8-4-2-5-9-29)37-21-14-32(15-22-37)30-10-6-3-7-11-30/h2-28H,1H3. The van der Waals surface area contributed by atoms with Crippen molar-refractivity contribution in [2.24, 2.45) is 7.05 Å². The fourth-order valence-electron chi connectivity index (χ4n) is 5.58. The van der Waals surface area contributed by atoms with Gasteiger partial charge in [0, 0.05) is 41.2 Å². The molecule has 2 nitrogen and oxygen atoms in total. The van der Waals surface area contributed by atoms with Crippen LogP contribution in [-0.2, 0) is 7.05 Å². The molecule has 0 saturated carbocycles. The molecule has 41 heavy (non-hydrogen) atoms. The molecule has 1 aromatic heterocycles. The zero-order valence-corrected chi connectivity index (χ0v) is 23.0. The van der Waals surface area contributed by atoms with Crippen molar-refractivity contribution in [1.82, 2.24) is 4.57 Å². The van der Waals surface area contributed by atoms with Crippen LogP contribution in [0.3, 0.4) is 0 Å². The molecule has 0 saturated heterocycles. The third-order valence-electron chi connectivity index (χ3n) is 7.81.